The number of likely N-dealkylation sites (tertiary alicyclic amines) is 1. The van der Waals surface area contributed by atoms with Crippen LogP contribution in [0.2, 0.25) is 0 Å². The topological polar surface area (TPSA) is 81.9 Å². The minimum Gasteiger partial charge on any atom is -0.369 e. The zero-order valence-corrected chi connectivity index (χ0v) is 15.6. The number of nitrogens with two attached hydrogens (primary N) is 1. The number of amides is 3. The maximum absolute atomic E-state index is 12.9. The Morgan fingerprint density at radius 3 is 2.50 bits per heavy atom. The predicted molar refractivity (Wildman–Crippen MR) is 103 cm³/mol. The number of piperidine rings is 1. The molecule has 0 saturated carbocycles. The lowest BCUT2D eigenvalue weighted by atomic mass is 9.93. The van der Waals surface area contributed by atoms with Crippen molar-refractivity contribution in [3.8, 4) is 0 Å². The monoisotopic (exact) mass is 359 g/mol. The molecular formula is C19H29N5O2. The number of primary amides is 1. The van der Waals surface area contributed by atoms with Gasteiger partial charge < -0.3 is 25.8 Å². The molecule has 0 radical (unpaired) electrons. The fraction of sp³-hybridized carbons (Fsp3) is 0.579. The number of hydrogen-bond donors (Lipinski definition) is 2. The molecule has 1 aromatic carbocycles. The number of anilines is 2. The Hall–Kier alpha value is -2.28. The van der Waals surface area contributed by atoms with E-state index in [1.807, 2.05) is 31.2 Å². The zero-order chi connectivity index (χ0) is 18.7. The average molecular weight is 359 g/mol. The van der Waals surface area contributed by atoms with Crippen LogP contribution in [-0.4, -0.2) is 67.6 Å². The van der Waals surface area contributed by atoms with Crippen LogP contribution in [0, 0.1) is 5.92 Å². The number of carbonyl (C=O) groups is 2. The van der Waals surface area contributed by atoms with Gasteiger partial charge in [0, 0.05) is 38.8 Å². The van der Waals surface area contributed by atoms with E-state index >= 15 is 0 Å². The summed E-state index contributed by atoms with van der Waals surface area (Å²) < 4.78 is 0. The van der Waals surface area contributed by atoms with Crippen LogP contribution in [0.1, 0.15) is 19.8 Å². The minimum atomic E-state index is -0.326. The van der Waals surface area contributed by atoms with Gasteiger partial charge in [0.05, 0.1) is 17.3 Å². The molecule has 3 amide bonds. The minimum absolute atomic E-state index is 0.0985. The molecule has 1 aromatic rings. The van der Waals surface area contributed by atoms with Crippen molar-refractivity contribution < 1.29 is 9.59 Å². The Balaban J connectivity index is 1.72. The highest BCUT2D eigenvalue weighted by atomic mass is 16.2. The molecule has 2 aliphatic rings. The Morgan fingerprint density at radius 1 is 1.12 bits per heavy atom. The number of carbonyl (C=O) groups excluding carboxylic acids is 2. The number of para-hydroxylation sites is 2. The molecule has 7 nitrogen and oxygen atoms in total. The van der Waals surface area contributed by atoms with Crippen LogP contribution >= 0.6 is 0 Å². The number of rotatable bonds is 3. The Morgan fingerprint density at radius 2 is 1.81 bits per heavy atom. The Kier molecular flexibility index (Phi) is 5.66. The van der Waals surface area contributed by atoms with Crippen molar-refractivity contribution in [3.63, 3.8) is 0 Å². The zero-order valence-electron chi connectivity index (χ0n) is 15.6. The highest BCUT2D eigenvalue weighted by Crippen LogP contribution is 2.28. The van der Waals surface area contributed by atoms with Gasteiger partial charge in [0.1, 0.15) is 0 Å². The highest BCUT2D eigenvalue weighted by Gasteiger charge is 2.32. The van der Waals surface area contributed by atoms with Gasteiger partial charge in [0.25, 0.3) is 0 Å². The van der Waals surface area contributed by atoms with E-state index in [2.05, 4.69) is 22.2 Å². The SMILES string of the molecule is C[C@@H]1CC[C@H](C(N)=O)CN1C(=O)Nc1ccccc1N1CCN(C)CC1. The van der Waals surface area contributed by atoms with Crippen molar-refractivity contribution in [1.82, 2.24) is 9.80 Å². The summed E-state index contributed by atoms with van der Waals surface area (Å²) in [6.45, 7) is 6.29. The van der Waals surface area contributed by atoms with Crippen LogP contribution < -0.4 is 16.0 Å². The van der Waals surface area contributed by atoms with E-state index < -0.39 is 0 Å². The maximum atomic E-state index is 12.9. The smallest absolute Gasteiger partial charge is 0.322 e. The lowest BCUT2D eigenvalue weighted by molar-refractivity contribution is -0.123. The number of benzene rings is 1. The first-order valence-electron chi connectivity index (χ1n) is 9.35. The summed E-state index contributed by atoms with van der Waals surface area (Å²) in [7, 11) is 2.12. The summed E-state index contributed by atoms with van der Waals surface area (Å²) in [5.74, 6) is -0.586. The van der Waals surface area contributed by atoms with Crippen LogP contribution in [0.5, 0.6) is 0 Å². The Labute approximate surface area is 155 Å². The van der Waals surface area contributed by atoms with Crippen LogP contribution in [-0.2, 0) is 4.79 Å². The second-order valence-electron chi connectivity index (χ2n) is 7.42. The first-order valence-corrected chi connectivity index (χ1v) is 9.35. The summed E-state index contributed by atoms with van der Waals surface area (Å²) in [4.78, 5) is 30.7. The van der Waals surface area contributed by atoms with Crippen LogP contribution in [0.25, 0.3) is 0 Å². The van der Waals surface area contributed by atoms with Crippen LogP contribution in [0.15, 0.2) is 24.3 Å². The van der Waals surface area contributed by atoms with E-state index in [4.69, 9.17) is 5.73 Å². The highest BCUT2D eigenvalue weighted by molar-refractivity contribution is 5.94. The van der Waals surface area contributed by atoms with E-state index in [-0.39, 0.29) is 23.9 Å². The summed E-state index contributed by atoms with van der Waals surface area (Å²) >= 11 is 0. The molecule has 2 saturated heterocycles. The molecule has 3 N–H and O–H groups in total. The summed E-state index contributed by atoms with van der Waals surface area (Å²) in [5.41, 5.74) is 7.31. The van der Waals surface area contributed by atoms with E-state index in [0.717, 1.165) is 50.4 Å². The van der Waals surface area contributed by atoms with Crippen molar-refractivity contribution in [2.24, 2.45) is 11.7 Å². The molecule has 0 unspecified atom stereocenters. The average Bonchev–Trinajstić information content (AvgIpc) is 2.63. The van der Waals surface area contributed by atoms with Crippen LogP contribution in [0.4, 0.5) is 16.2 Å². The van der Waals surface area contributed by atoms with E-state index in [1.165, 1.54) is 0 Å². The van der Waals surface area contributed by atoms with Gasteiger partial charge in [0.2, 0.25) is 5.91 Å². The van der Waals surface area contributed by atoms with E-state index in [1.54, 1.807) is 4.90 Å². The largest absolute Gasteiger partial charge is 0.369 e. The fourth-order valence-corrected chi connectivity index (χ4v) is 3.71. The first kappa shape index (κ1) is 18.5. The van der Waals surface area contributed by atoms with Gasteiger partial charge in [-0.05, 0) is 38.9 Å². The molecule has 0 bridgehead atoms. The quantitative estimate of drug-likeness (QED) is 0.858. The molecule has 0 aliphatic carbocycles. The number of urea groups is 1. The number of nitrogens with zero attached hydrogens (tertiary/aromatic N) is 3. The van der Waals surface area contributed by atoms with Crippen molar-refractivity contribution in [2.45, 2.75) is 25.8 Å². The van der Waals surface area contributed by atoms with Crippen molar-refractivity contribution in [3.05, 3.63) is 24.3 Å². The molecular weight excluding hydrogens is 330 g/mol. The lowest BCUT2D eigenvalue weighted by Crippen LogP contribution is -2.50. The normalized spacial score (nSPS) is 24.4. The maximum Gasteiger partial charge on any atom is 0.322 e. The summed E-state index contributed by atoms with van der Waals surface area (Å²) in [5, 5.41) is 3.06. The van der Waals surface area contributed by atoms with Gasteiger partial charge in [-0.2, -0.15) is 0 Å². The third kappa shape index (κ3) is 4.09. The van der Waals surface area contributed by atoms with Crippen molar-refractivity contribution in [2.75, 3.05) is 50.0 Å². The van der Waals surface area contributed by atoms with Crippen molar-refractivity contribution >= 4 is 23.3 Å². The molecule has 26 heavy (non-hydrogen) atoms. The Bertz CT molecular complexity index is 657. The predicted octanol–water partition coefficient (Wildman–Crippen LogP) is 1.56. The van der Waals surface area contributed by atoms with Gasteiger partial charge in [-0.25, -0.2) is 4.79 Å². The number of likely N-dealkylation sites (N-methyl/N-ethyl adjacent to an activating group) is 1. The summed E-state index contributed by atoms with van der Waals surface area (Å²) in [6, 6.07) is 7.85. The fourth-order valence-electron chi connectivity index (χ4n) is 3.71. The number of hydrogen-bond acceptors (Lipinski definition) is 4. The third-order valence-corrected chi connectivity index (χ3v) is 5.53. The molecule has 142 valence electrons. The summed E-state index contributed by atoms with van der Waals surface area (Å²) in [6.07, 6.45) is 1.54. The van der Waals surface area contributed by atoms with Gasteiger partial charge >= 0.3 is 6.03 Å². The first-order chi connectivity index (χ1) is 12.5. The van der Waals surface area contributed by atoms with E-state index in [0.29, 0.717) is 6.54 Å². The number of nitrogens with one attached hydrogen (secondary N) is 1. The molecule has 7 heteroatoms. The number of piperazine rings is 1. The molecule has 2 heterocycles. The molecule has 0 aromatic heterocycles. The molecule has 3 rings (SSSR count). The van der Waals surface area contributed by atoms with Crippen molar-refractivity contribution in [1.29, 1.82) is 0 Å². The second kappa shape index (κ2) is 7.95. The molecule has 2 aliphatic heterocycles. The van der Waals surface area contributed by atoms with Crippen LogP contribution in [0.3, 0.4) is 0 Å². The van der Waals surface area contributed by atoms with Gasteiger partial charge in [-0.3, -0.25) is 4.79 Å². The lowest BCUT2D eigenvalue weighted by Gasteiger charge is -2.38. The standard InChI is InChI=1S/C19H29N5O2/c1-14-7-8-15(18(20)25)13-24(14)19(26)21-16-5-3-4-6-17(16)23-11-9-22(2)10-12-23/h3-6,14-15H,7-13H2,1-2H3,(H2,20,25)(H,21,26)/t14-,15+/m1/s1. The molecule has 2 atom stereocenters. The van der Waals surface area contributed by atoms with Gasteiger partial charge in [-0.15, -0.1) is 0 Å². The molecule has 0 spiro atoms. The van der Waals surface area contributed by atoms with Gasteiger partial charge in [-0.1, -0.05) is 12.1 Å². The molecule has 2 fully saturated rings. The van der Waals surface area contributed by atoms with E-state index in [9.17, 15) is 9.59 Å². The van der Waals surface area contributed by atoms with Gasteiger partial charge in [0.15, 0.2) is 0 Å². The third-order valence-electron chi connectivity index (χ3n) is 5.53. The second-order valence-corrected chi connectivity index (χ2v) is 7.42.